The van der Waals surface area contributed by atoms with E-state index in [2.05, 4.69) is 31.7 Å². The number of benzene rings is 2. The van der Waals surface area contributed by atoms with E-state index in [-0.39, 0.29) is 0 Å². The lowest BCUT2D eigenvalue weighted by atomic mass is 10.1. The topological polar surface area (TPSA) is 95.8 Å². The zero-order valence-corrected chi connectivity index (χ0v) is 18.1. The summed E-state index contributed by atoms with van der Waals surface area (Å²) in [6.07, 6.45) is 6.80. The zero-order chi connectivity index (χ0) is 23.2. The van der Waals surface area contributed by atoms with Crippen LogP contribution in [0.1, 0.15) is 11.1 Å². The minimum Gasteiger partial charge on any atom is -0.457 e. The van der Waals surface area contributed by atoms with Crippen molar-refractivity contribution in [3.63, 3.8) is 0 Å². The van der Waals surface area contributed by atoms with Gasteiger partial charge in [-0.3, -0.25) is 9.97 Å². The van der Waals surface area contributed by atoms with Crippen molar-refractivity contribution in [2.24, 2.45) is 0 Å². The van der Waals surface area contributed by atoms with Crippen LogP contribution in [0.15, 0.2) is 97.6 Å². The fourth-order valence-corrected chi connectivity index (χ4v) is 3.51. The van der Waals surface area contributed by atoms with Crippen molar-refractivity contribution in [2.75, 3.05) is 10.6 Å². The van der Waals surface area contributed by atoms with Crippen molar-refractivity contribution in [1.29, 1.82) is 5.26 Å². The third-order valence-electron chi connectivity index (χ3n) is 5.15. The Kier molecular flexibility index (Phi) is 5.95. The molecule has 5 aromatic rings. The first-order valence-electron chi connectivity index (χ1n) is 10.7. The van der Waals surface area contributed by atoms with Crippen LogP contribution in [0.3, 0.4) is 0 Å². The van der Waals surface area contributed by atoms with Crippen molar-refractivity contribution in [1.82, 2.24) is 15.0 Å². The molecule has 2 aromatic carbocycles. The van der Waals surface area contributed by atoms with Crippen LogP contribution in [0, 0.1) is 11.3 Å². The van der Waals surface area contributed by atoms with E-state index in [1.807, 2.05) is 72.8 Å². The molecule has 3 aromatic heterocycles. The molecule has 0 aliphatic carbocycles. The van der Waals surface area contributed by atoms with Crippen LogP contribution >= 0.6 is 0 Å². The lowest BCUT2D eigenvalue weighted by Crippen LogP contribution is -2.03. The molecule has 0 unspecified atom stereocenters. The maximum absolute atomic E-state index is 9.73. The largest absolute Gasteiger partial charge is 0.457 e. The molecule has 3 heterocycles. The van der Waals surface area contributed by atoms with Gasteiger partial charge >= 0.3 is 0 Å². The molecule has 0 saturated heterocycles. The van der Waals surface area contributed by atoms with E-state index in [1.54, 1.807) is 24.8 Å². The van der Waals surface area contributed by atoms with Gasteiger partial charge in [0.05, 0.1) is 23.0 Å². The monoisotopic (exact) mass is 444 g/mol. The number of aromatic nitrogens is 3. The first-order valence-corrected chi connectivity index (χ1v) is 10.7. The Balaban J connectivity index is 1.45. The summed E-state index contributed by atoms with van der Waals surface area (Å²) in [6, 6.07) is 25.2. The van der Waals surface area contributed by atoms with Crippen LogP contribution in [0.2, 0.25) is 0 Å². The second-order valence-electron chi connectivity index (χ2n) is 7.53. The van der Waals surface area contributed by atoms with E-state index in [1.165, 1.54) is 0 Å². The summed E-state index contributed by atoms with van der Waals surface area (Å²) in [5.74, 6) is 2.12. The Morgan fingerprint density at radius 2 is 1.74 bits per heavy atom. The Morgan fingerprint density at radius 1 is 0.853 bits per heavy atom. The fourth-order valence-electron chi connectivity index (χ4n) is 3.51. The number of anilines is 3. The number of nitrogens with zero attached hydrogens (tertiary/aromatic N) is 4. The summed E-state index contributed by atoms with van der Waals surface area (Å²) in [6.45, 7) is 0.583. The quantitative estimate of drug-likeness (QED) is 0.316. The molecule has 0 amide bonds. The second kappa shape index (κ2) is 9.67. The molecule has 0 saturated carbocycles. The van der Waals surface area contributed by atoms with Gasteiger partial charge < -0.3 is 15.4 Å². The first-order chi connectivity index (χ1) is 16.8. The molecular weight excluding hydrogens is 424 g/mol. The van der Waals surface area contributed by atoms with Gasteiger partial charge in [-0.1, -0.05) is 30.3 Å². The number of pyridine rings is 3. The van der Waals surface area contributed by atoms with Crippen molar-refractivity contribution >= 4 is 28.1 Å². The summed E-state index contributed by atoms with van der Waals surface area (Å²) in [4.78, 5) is 13.0. The smallest absolute Gasteiger partial charge is 0.129 e. The van der Waals surface area contributed by atoms with Crippen molar-refractivity contribution in [3.8, 4) is 17.6 Å². The molecule has 2 N–H and O–H groups in total. The summed E-state index contributed by atoms with van der Waals surface area (Å²) in [5.41, 5.74) is 3.62. The first kappa shape index (κ1) is 20.9. The molecule has 5 rings (SSSR count). The minimum atomic E-state index is 0.436. The Morgan fingerprint density at radius 3 is 2.56 bits per heavy atom. The van der Waals surface area contributed by atoms with Gasteiger partial charge in [0.15, 0.2) is 0 Å². The standard InChI is InChI=1S/C27H20N6O/c28-14-20-17-30-25-18-32-26(31-16-19-6-5-11-29-15-19)13-24(25)27(20)33-21-7-4-10-23(12-21)34-22-8-2-1-3-9-22/h1-13,15,17-18H,16H2,(H,30,33)(H,31,32). The van der Waals surface area contributed by atoms with Crippen LogP contribution in [0.25, 0.3) is 10.9 Å². The van der Waals surface area contributed by atoms with Gasteiger partial charge in [-0.2, -0.15) is 5.26 Å². The number of nitriles is 1. The molecule has 7 nitrogen and oxygen atoms in total. The molecule has 0 bridgehead atoms. The van der Waals surface area contributed by atoms with E-state index in [9.17, 15) is 5.26 Å². The zero-order valence-electron chi connectivity index (χ0n) is 18.1. The van der Waals surface area contributed by atoms with E-state index < -0.39 is 0 Å². The highest BCUT2D eigenvalue weighted by Gasteiger charge is 2.12. The Labute approximate surface area is 196 Å². The van der Waals surface area contributed by atoms with Gasteiger partial charge in [-0.25, -0.2) is 4.98 Å². The molecule has 164 valence electrons. The maximum Gasteiger partial charge on any atom is 0.129 e. The molecule has 0 aliphatic heterocycles. The fraction of sp³-hybridized carbons (Fsp3) is 0.0370. The molecular formula is C27H20N6O. The molecule has 0 aliphatic rings. The molecule has 0 spiro atoms. The third-order valence-corrected chi connectivity index (χ3v) is 5.15. The SMILES string of the molecule is N#Cc1cnc2cnc(NCc3cccnc3)cc2c1Nc1cccc(Oc2ccccc2)c1. The molecule has 7 heteroatoms. The number of nitrogens with one attached hydrogen (secondary N) is 2. The summed E-state index contributed by atoms with van der Waals surface area (Å²) < 4.78 is 5.95. The molecule has 0 atom stereocenters. The van der Waals surface area contributed by atoms with Gasteiger partial charge in [0.25, 0.3) is 0 Å². The second-order valence-corrected chi connectivity index (χ2v) is 7.53. The minimum absolute atomic E-state index is 0.436. The summed E-state index contributed by atoms with van der Waals surface area (Å²) >= 11 is 0. The average molecular weight is 444 g/mol. The number of hydrogen-bond acceptors (Lipinski definition) is 7. The number of hydrogen-bond donors (Lipinski definition) is 2. The van der Waals surface area contributed by atoms with Gasteiger partial charge in [0, 0.05) is 42.3 Å². The van der Waals surface area contributed by atoms with E-state index in [0.717, 1.165) is 22.4 Å². The molecule has 0 fully saturated rings. The van der Waals surface area contributed by atoms with Crippen LogP contribution in [-0.2, 0) is 6.54 Å². The maximum atomic E-state index is 9.73. The lowest BCUT2D eigenvalue weighted by molar-refractivity contribution is 0.483. The highest BCUT2D eigenvalue weighted by molar-refractivity contribution is 5.96. The lowest BCUT2D eigenvalue weighted by Gasteiger charge is -2.14. The van der Waals surface area contributed by atoms with Gasteiger partial charge in [-0.15, -0.1) is 0 Å². The predicted molar refractivity (Wildman–Crippen MR) is 132 cm³/mol. The van der Waals surface area contributed by atoms with Gasteiger partial charge in [0.2, 0.25) is 0 Å². The van der Waals surface area contributed by atoms with Crippen molar-refractivity contribution < 1.29 is 4.74 Å². The van der Waals surface area contributed by atoms with Gasteiger partial charge in [-0.05, 0) is 42.0 Å². The van der Waals surface area contributed by atoms with Crippen LogP contribution in [0.4, 0.5) is 17.2 Å². The highest BCUT2D eigenvalue weighted by atomic mass is 16.5. The highest BCUT2D eigenvalue weighted by Crippen LogP contribution is 2.32. The predicted octanol–water partition coefficient (Wildman–Crippen LogP) is 6.04. The number of rotatable bonds is 7. The van der Waals surface area contributed by atoms with E-state index in [0.29, 0.717) is 34.9 Å². The van der Waals surface area contributed by atoms with E-state index in [4.69, 9.17) is 4.74 Å². The van der Waals surface area contributed by atoms with Crippen molar-refractivity contribution in [3.05, 3.63) is 109 Å². The summed E-state index contributed by atoms with van der Waals surface area (Å²) in [7, 11) is 0. The Hall–Kier alpha value is -4.96. The normalized spacial score (nSPS) is 10.4. The van der Waals surface area contributed by atoms with Crippen LogP contribution in [-0.4, -0.2) is 15.0 Å². The number of ether oxygens (including phenoxy) is 1. The number of para-hydroxylation sites is 1. The van der Waals surface area contributed by atoms with Crippen LogP contribution < -0.4 is 15.4 Å². The number of fused-ring (bicyclic) bond motifs is 1. The molecule has 0 radical (unpaired) electrons. The van der Waals surface area contributed by atoms with Gasteiger partial charge in [0.1, 0.15) is 23.4 Å². The van der Waals surface area contributed by atoms with Crippen molar-refractivity contribution in [2.45, 2.75) is 6.54 Å². The summed E-state index contributed by atoms with van der Waals surface area (Å²) in [5, 5.41) is 17.2. The Bertz CT molecular complexity index is 1470. The van der Waals surface area contributed by atoms with E-state index >= 15 is 0 Å². The molecule has 34 heavy (non-hydrogen) atoms. The third kappa shape index (κ3) is 4.76. The van der Waals surface area contributed by atoms with Crippen LogP contribution in [0.5, 0.6) is 11.5 Å². The average Bonchev–Trinajstić information content (AvgIpc) is 2.89.